The molecule has 2 rings (SSSR count). The van der Waals surface area contributed by atoms with E-state index in [1.807, 2.05) is 7.05 Å². The molecule has 0 aliphatic heterocycles. The van der Waals surface area contributed by atoms with Crippen molar-refractivity contribution in [2.45, 2.75) is 18.7 Å². The SMILES string of the molecule is CN(CC1CC1)c1ccc([N+](=O)[O-])cc1CCl. The Bertz CT molecular complexity index is 433. The van der Waals surface area contributed by atoms with Crippen LogP contribution in [0.15, 0.2) is 18.2 Å². The van der Waals surface area contributed by atoms with Gasteiger partial charge in [0.2, 0.25) is 0 Å². The lowest BCUT2D eigenvalue weighted by atomic mass is 10.1. The van der Waals surface area contributed by atoms with Crippen LogP contribution in [0.3, 0.4) is 0 Å². The zero-order chi connectivity index (χ0) is 12.4. The Morgan fingerprint density at radius 1 is 1.53 bits per heavy atom. The average Bonchev–Trinajstić information content (AvgIpc) is 3.11. The van der Waals surface area contributed by atoms with E-state index in [4.69, 9.17) is 11.6 Å². The van der Waals surface area contributed by atoms with Crippen LogP contribution in [0.1, 0.15) is 18.4 Å². The molecule has 1 fully saturated rings. The third-order valence-electron chi connectivity index (χ3n) is 3.06. The van der Waals surface area contributed by atoms with Crippen LogP contribution in [0.5, 0.6) is 0 Å². The number of benzene rings is 1. The molecular weight excluding hydrogens is 240 g/mol. The predicted octanol–water partition coefficient (Wildman–Crippen LogP) is 3.18. The number of alkyl halides is 1. The molecule has 1 saturated carbocycles. The number of nitro benzene ring substituents is 1. The van der Waals surface area contributed by atoms with Crippen LogP contribution in [-0.2, 0) is 5.88 Å². The maximum absolute atomic E-state index is 10.7. The number of non-ortho nitro benzene ring substituents is 1. The summed E-state index contributed by atoms with van der Waals surface area (Å²) in [5.74, 6) is 1.07. The summed E-state index contributed by atoms with van der Waals surface area (Å²) >= 11 is 5.86. The summed E-state index contributed by atoms with van der Waals surface area (Å²) in [6.07, 6.45) is 2.57. The molecule has 4 nitrogen and oxygen atoms in total. The molecule has 1 aliphatic rings. The van der Waals surface area contributed by atoms with Crippen molar-refractivity contribution in [3.05, 3.63) is 33.9 Å². The van der Waals surface area contributed by atoms with Crippen molar-refractivity contribution in [2.24, 2.45) is 5.92 Å². The van der Waals surface area contributed by atoms with E-state index in [1.54, 1.807) is 12.1 Å². The number of halogens is 1. The number of anilines is 1. The second kappa shape index (κ2) is 4.92. The first kappa shape index (κ1) is 12.2. The van der Waals surface area contributed by atoms with E-state index < -0.39 is 0 Å². The molecule has 0 heterocycles. The van der Waals surface area contributed by atoms with Crippen LogP contribution in [0.2, 0.25) is 0 Å². The fraction of sp³-hybridized carbons (Fsp3) is 0.500. The molecule has 0 radical (unpaired) electrons. The molecule has 1 aliphatic carbocycles. The highest BCUT2D eigenvalue weighted by molar-refractivity contribution is 6.17. The van der Waals surface area contributed by atoms with Gasteiger partial charge < -0.3 is 4.90 Å². The second-order valence-corrected chi connectivity index (χ2v) is 4.79. The molecular formula is C12H15ClN2O2. The van der Waals surface area contributed by atoms with E-state index >= 15 is 0 Å². The van der Waals surface area contributed by atoms with Crippen LogP contribution in [-0.4, -0.2) is 18.5 Å². The Morgan fingerprint density at radius 2 is 2.24 bits per heavy atom. The zero-order valence-corrected chi connectivity index (χ0v) is 10.5. The molecule has 0 saturated heterocycles. The van der Waals surface area contributed by atoms with Crippen LogP contribution in [0, 0.1) is 16.0 Å². The van der Waals surface area contributed by atoms with Gasteiger partial charge >= 0.3 is 0 Å². The average molecular weight is 255 g/mol. The van der Waals surface area contributed by atoms with Gasteiger partial charge in [-0.25, -0.2) is 0 Å². The topological polar surface area (TPSA) is 46.4 Å². The summed E-state index contributed by atoms with van der Waals surface area (Å²) in [5, 5.41) is 10.7. The summed E-state index contributed by atoms with van der Waals surface area (Å²) < 4.78 is 0. The molecule has 92 valence electrons. The third kappa shape index (κ3) is 2.88. The van der Waals surface area contributed by atoms with Crippen LogP contribution in [0.25, 0.3) is 0 Å². The number of hydrogen-bond donors (Lipinski definition) is 0. The number of rotatable bonds is 5. The molecule has 0 amide bonds. The van der Waals surface area contributed by atoms with Crippen LogP contribution < -0.4 is 4.90 Å². The largest absolute Gasteiger partial charge is 0.374 e. The third-order valence-corrected chi connectivity index (χ3v) is 3.35. The van der Waals surface area contributed by atoms with E-state index in [0.29, 0.717) is 5.88 Å². The molecule has 0 atom stereocenters. The molecule has 5 heteroatoms. The van der Waals surface area contributed by atoms with Crippen molar-refractivity contribution in [1.82, 2.24) is 0 Å². The molecule has 0 aromatic heterocycles. The lowest BCUT2D eigenvalue weighted by Gasteiger charge is -2.21. The predicted molar refractivity (Wildman–Crippen MR) is 68.6 cm³/mol. The van der Waals surface area contributed by atoms with Crippen LogP contribution >= 0.6 is 11.6 Å². The summed E-state index contributed by atoms with van der Waals surface area (Å²) in [5.41, 5.74) is 1.92. The first-order valence-corrected chi connectivity index (χ1v) is 6.19. The smallest absolute Gasteiger partial charge is 0.269 e. The van der Waals surface area contributed by atoms with Crippen molar-refractivity contribution >= 4 is 23.0 Å². The summed E-state index contributed by atoms with van der Waals surface area (Å²) in [6.45, 7) is 1.00. The Balaban J connectivity index is 2.22. The van der Waals surface area contributed by atoms with Gasteiger partial charge in [-0.05, 0) is 30.4 Å². The number of nitrogens with zero attached hydrogens (tertiary/aromatic N) is 2. The van der Waals surface area contributed by atoms with Gasteiger partial charge in [0.05, 0.1) is 4.92 Å². The first-order chi connectivity index (χ1) is 8.11. The fourth-order valence-electron chi connectivity index (χ4n) is 1.95. The molecule has 0 unspecified atom stereocenters. The maximum Gasteiger partial charge on any atom is 0.269 e. The van der Waals surface area contributed by atoms with Gasteiger partial charge in [-0.2, -0.15) is 0 Å². The molecule has 1 aromatic rings. The minimum Gasteiger partial charge on any atom is -0.374 e. The monoisotopic (exact) mass is 254 g/mol. The molecule has 0 N–H and O–H groups in total. The quantitative estimate of drug-likeness (QED) is 0.461. The van der Waals surface area contributed by atoms with Crippen molar-refractivity contribution in [1.29, 1.82) is 0 Å². The van der Waals surface area contributed by atoms with Crippen molar-refractivity contribution in [2.75, 3.05) is 18.5 Å². The van der Waals surface area contributed by atoms with Crippen molar-refractivity contribution in [3.63, 3.8) is 0 Å². The van der Waals surface area contributed by atoms with Gasteiger partial charge in [0.15, 0.2) is 0 Å². The van der Waals surface area contributed by atoms with Crippen molar-refractivity contribution in [3.8, 4) is 0 Å². The van der Waals surface area contributed by atoms with E-state index in [2.05, 4.69) is 4.90 Å². The minimum absolute atomic E-state index is 0.101. The molecule has 0 bridgehead atoms. The van der Waals surface area contributed by atoms with Gasteiger partial charge in [-0.3, -0.25) is 10.1 Å². The summed E-state index contributed by atoms with van der Waals surface area (Å²) in [6, 6.07) is 4.89. The maximum atomic E-state index is 10.7. The lowest BCUT2D eigenvalue weighted by molar-refractivity contribution is -0.384. The van der Waals surface area contributed by atoms with E-state index in [9.17, 15) is 10.1 Å². The van der Waals surface area contributed by atoms with Gasteiger partial charge in [0.25, 0.3) is 5.69 Å². The highest BCUT2D eigenvalue weighted by Crippen LogP contribution is 2.33. The standard InChI is InChI=1S/C12H15ClN2O2/c1-14(8-9-2-3-9)12-5-4-11(15(16)17)6-10(12)7-13/h4-6,9H,2-3,7-8H2,1H3. The summed E-state index contributed by atoms with van der Waals surface area (Å²) in [7, 11) is 2.01. The van der Waals surface area contributed by atoms with E-state index in [1.165, 1.54) is 18.9 Å². The molecule has 0 spiro atoms. The second-order valence-electron chi connectivity index (χ2n) is 4.53. The fourth-order valence-corrected chi connectivity index (χ4v) is 2.17. The Kier molecular flexibility index (Phi) is 3.52. The summed E-state index contributed by atoms with van der Waals surface area (Å²) in [4.78, 5) is 12.4. The normalized spacial score (nSPS) is 14.7. The Labute approximate surface area is 105 Å². The van der Waals surface area contributed by atoms with Gasteiger partial charge in [0.1, 0.15) is 0 Å². The highest BCUT2D eigenvalue weighted by atomic mass is 35.5. The number of hydrogen-bond acceptors (Lipinski definition) is 3. The Hall–Kier alpha value is -1.29. The van der Waals surface area contributed by atoms with E-state index in [0.717, 1.165) is 23.7 Å². The van der Waals surface area contributed by atoms with Gasteiger partial charge in [-0.1, -0.05) is 0 Å². The first-order valence-electron chi connectivity index (χ1n) is 5.66. The van der Waals surface area contributed by atoms with Crippen LogP contribution in [0.4, 0.5) is 11.4 Å². The van der Waals surface area contributed by atoms with Gasteiger partial charge in [0, 0.05) is 37.3 Å². The van der Waals surface area contributed by atoms with Gasteiger partial charge in [-0.15, -0.1) is 11.6 Å². The van der Waals surface area contributed by atoms with Crippen molar-refractivity contribution < 1.29 is 4.92 Å². The van der Waals surface area contributed by atoms with E-state index in [-0.39, 0.29) is 10.6 Å². The molecule has 17 heavy (non-hydrogen) atoms. The minimum atomic E-state index is -0.388. The zero-order valence-electron chi connectivity index (χ0n) is 9.73. The molecule has 1 aromatic carbocycles. The highest BCUT2D eigenvalue weighted by Gasteiger charge is 2.24. The number of nitro groups is 1. The lowest BCUT2D eigenvalue weighted by Crippen LogP contribution is -2.21. The Morgan fingerprint density at radius 3 is 2.76 bits per heavy atom.